The summed E-state index contributed by atoms with van der Waals surface area (Å²) >= 11 is 1.39. The molecule has 1 N–H and O–H groups in total. The van der Waals surface area contributed by atoms with Crippen LogP contribution in [0.2, 0.25) is 0 Å². The van der Waals surface area contributed by atoms with Crippen LogP contribution in [-0.4, -0.2) is 34.8 Å². The SMILES string of the molecule is CCCCCCCCCC(=O)N(CCCCC)CC(=O)Nc1nccs1. The summed E-state index contributed by atoms with van der Waals surface area (Å²) in [7, 11) is 0. The maximum atomic E-state index is 12.5. The lowest BCUT2D eigenvalue weighted by atomic mass is 10.1. The molecule has 5 nitrogen and oxygen atoms in total. The van der Waals surface area contributed by atoms with E-state index in [4.69, 9.17) is 0 Å². The lowest BCUT2D eigenvalue weighted by Gasteiger charge is -2.22. The molecule has 0 bridgehead atoms. The molecule has 0 saturated heterocycles. The first-order valence-electron chi connectivity index (χ1n) is 10.1. The fraction of sp³-hybridized carbons (Fsp3) is 0.750. The Balaban J connectivity index is 2.35. The Morgan fingerprint density at radius 2 is 1.65 bits per heavy atom. The van der Waals surface area contributed by atoms with Gasteiger partial charge in [0.1, 0.15) is 0 Å². The largest absolute Gasteiger partial charge is 0.333 e. The number of carbonyl (C=O) groups is 2. The number of nitrogens with zero attached hydrogens (tertiary/aromatic N) is 2. The van der Waals surface area contributed by atoms with Crippen LogP contribution in [0.4, 0.5) is 5.13 Å². The molecule has 1 aromatic heterocycles. The van der Waals surface area contributed by atoms with E-state index in [9.17, 15) is 9.59 Å². The monoisotopic (exact) mass is 381 g/mol. The molecule has 0 aliphatic carbocycles. The highest BCUT2D eigenvalue weighted by Crippen LogP contribution is 2.12. The molecule has 0 fully saturated rings. The maximum Gasteiger partial charge on any atom is 0.245 e. The van der Waals surface area contributed by atoms with Crippen molar-refractivity contribution in [3.05, 3.63) is 11.6 Å². The lowest BCUT2D eigenvalue weighted by molar-refractivity contribution is -0.134. The lowest BCUT2D eigenvalue weighted by Crippen LogP contribution is -2.38. The fourth-order valence-electron chi connectivity index (χ4n) is 2.85. The molecule has 0 aromatic carbocycles. The van der Waals surface area contributed by atoms with E-state index in [0.717, 1.165) is 32.1 Å². The zero-order valence-electron chi connectivity index (χ0n) is 16.5. The highest BCUT2D eigenvalue weighted by molar-refractivity contribution is 7.13. The van der Waals surface area contributed by atoms with Gasteiger partial charge < -0.3 is 10.2 Å². The van der Waals surface area contributed by atoms with E-state index in [1.54, 1.807) is 11.1 Å². The van der Waals surface area contributed by atoms with Gasteiger partial charge in [-0.1, -0.05) is 65.2 Å². The standard InChI is InChI=1S/C20H35N3O2S/c1-3-5-7-8-9-10-11-13-19(25)23(15-12-6-4-2)17-18(24)22-20-21-14-16-26-20/h14,16H,3-13,15,17H2,1-2H3,(H,21,22,24). The quantitative estimate of drug-likeness (QED) is 0.423. The van der Waals surface area contributed by atoms with Gasteiger partial charge in [0.05, 0.1) is 6.54 Å². The van der Waals surface area contributed by atoms with Crippen molar-refractivity contribution in [2.75, 3.05) is 18.4 Å². The predicted molar refractivity (Wildman–Crippen MR) is 109 cm³/mol. The molecule has 0 aliphatic rings. The minimum atomic E-state index is -0.163. The topological polar surface area (TPSA) is 62.3 Å². The second kappa shape index (κ2) is 14.7. The highest BCUT2D eigenvalue weighted by Gasteiger charge is 2.17. The summed E-state index contributed by atoms with van der Waals surface area (Å²) in [5.41, 5.74) is 0. The highest BCUT2D eigenvalue weighted by atomic mass is 32.1. The van der Waals surface area contributed by atoms with Crippen LogP contribution in [0.5, 0.6) is 0 Å². The number of carbonyl (C=O) groups excluding carboxylic acids is 2. The number of hydrogen-bond acceptors (Lipinski definition) is 4. The van der Waals surface area contributed by atoms with Crippen LogP contribution >= 0.6 is 11.3 Å². The van der Waals surface area contributed by atoms with Gasteiger partial charge in [-0.2, -0.15) is 0 Å². The number of thiazole rings is 1. The third-order valence-corrected chi connectivity index (χ3v) is 5.08. The molecule has 0 radical (unpaired) electrons. The van der Waals surface area contributed by atoms with E-state index in [-0.39, 0.29) is 18.4 Å². The Hall–Kier alpha value is -1.43. The van der Waals surface area contributed by atoms with Crippen molar-refractivity contribution < 1.29 is 9.59 Å². The molecule has 0 spiro atoms. The van der Waals surface area contributed by atoms with Crippen molar-refractivity contribution in [3.8, 4) is 0 Å². The number of amides is 2. The van der Waals surface area contributed by atoms with Crippen LogP contribution in [0.3, 0.4) is 0 Å². The first-order valence-corrected chi connectivity index (χ1v) is 11.0. The number of nitrogens with one attached hydrogen (secondary N) is 1. The summed E-state index contributed by atoms with van der Waals surface area (Å²) < 4.78 is 0. The van der Waals surface area contributed by atoms with E-state index in [2.05, 4.69) is 24.1 Å². The van der Waals surface area contributed by atoms with Crippen molar-refractivity contribution in [1.29, 1.82) is 0 Å². The van der Waals surface area contributed by atoms with E-state index >= 15 is 0 Å². The minimum Gasteiger partial charge on any atom is -0.333 e. The van der Waals surface area contributed by atoms with Crippen molar-refractivity contribution in [3.63, 3.8) is 0 Å². The van der Waals surface area contributed by atoms with Gasteiger partial charge in [-0.3, -0.25) is 9.59 Å². The number of unbranched alkanes of at least 4 members (excludes halogenated alkanes) is 8. The summed E-state index contributed by atoms with van der Waals surface area (Å²) in [5.74, 6) is -0.0617. The molecule has 1 heterocycles. The Bertz CT molecular complexity index is 491. The number of rotatable bonds is 15. The van der Waals surface area contributed by atoms with Crippen LogP contribution in [0.25, 0.3) is 0 Å². The average molecular weight is 382 g/mol. The van der Waals surface area contributed by atoms with Crippen LogP contribution in [0.1, 0.15) is 84.5 Å². The van der Waals surface area contributed by atoms with Gasteiger partial charge in [0, 0.05) is 24.5 Å². The zero-order valence-corrected chi connectivity index (χ0v) is 17.3. The van der Waals surface area contributed by atoms with Crippen molar-refractivity contribution in [2.45, 2.75) is 84.5 Å². The van der Waals surface area contributed by atoms with Crippen LogP contribution in [0, 0.1) is 0 Å². The molecule has 148 valence electrons. The Labute approximate surface area is 162 Å². The second-order valence-corrected chi connectivity index (χ2v) is 7.67. The Morgan fingerprint density at radius 3 is 2.31 bits per heavy atom. The van der Waals surface area contributed by atoms with Crippen LogP contribution < -0.4 is 5.32 Å². The van der Waals surface area contributed by atoms with Crippen molar-refractivity contribution in [2.24, 2.45) is 0 Å². The molecule has 26 heavy (non-hydrogen) atoms. The third kappa shape index (κ3) is 10.5. The molecule has 0 atom stereocenters. The maximum absolute atomic E-state index is 12.5. The normalized spacial score (nSPS) is 10.7. The molecule has 2 amide bonds. The second-order valence-electron chi connectivity index (χ2n) is 6.78. The summed E-state index contributed by atoms with van der Waals surface area (Å²) in [5, 5.41) is 5.17. The first-order chi connectivity index (χ1) is 12.7. The fourth-order valence-corrected chi connectivity index (χ4v) is 3.40. The smallest absolute Gasteiger partial charge is 0.245 e. The first kappa shape index (κ1) is 22.6. The molecule has 0 aliphatic heterocycles. The molecular weight excluding hydrogens is 346 g/mol. The van der Waals surface area contributed by atoms with Gasteiger partial charge in [0.15, 0.2) is 5.13 Å². The summed E-state index contributed by atoms with van der Waals surface area (Å²) in [6, 6.07) is 0. The molecule has 1 rings (SSSR count). The van der Waals surface area contributed by atoms with Gasteiger partial charge in [-0.15, -0.1) is 11.3 Å². The Kier molecular flexibility index (Phi) is 12.8. The van der Waals surface area contributed by atoms with E-state index in [0.29, 0.717) is 18.1 Å². The van der Waals surface area contributed by atoms with Gasteiger partial charge in [0.2, 0.25) is 11.8 Å². The predicted octanol–water partition coefficient (Wildman–Crippen LogP) is 5.24. The zero-order chi connectivity index (χ0) is 19.0. The van der Waals surface area contributed by atoms with Crippen molar-refractivity contribution in [1.82, 2.24) is 9.88 Å². The molecular formula is C20H35N3O2S. The van der Waals surface area contributed by atoms with E-state index in [1.807, 2.05) is 5.38 Å². The van der Waals surface area contributed by atoms with E-state index < -0.39 is 0 Å². The van der Waals surface area contributed by atoms with Gasteiger partial charge >= 0.3 is 0 Å². The third-order valence-electron chi connectivity index (χ3n) is 4.39. The van der Waals surface area contributed by atoms with Gasteiger partial charge in [-0.25, -0.2) is 4.98 Å². The summed E-state index contributed by atoms with van der Waals surface area (Å²) in [4.78, 5) is 30.5. The van der Waals surface area contributed by atoms with Gasteiger partial charge in [0.25, 0.3) is 0 Å². The van der Waals surface area contributed by atoms with Gasteiger partial charge in [-0.05, 0) is 12.8 Å². The summed E-state index contributed by atoms with van der Waals surface area (Å²) in [6.07, 6.45) is 13.7. The number of hydrogen-bond donors (Lipinski definition) is 1. The molecule has 0 unspecified atom stereocenters. The minimum absolute atomic E-state index is 0.101. The number of anilines is 1. The average Bonchev–Trinajstić information content (AvgIpc) is 3.13. The Morgan fingerprint density at radius 1 is 1.00 bits per heavy atom. The van der Waals surface area contributed by atoms with Crippen molar-refractivity contribution >= 4 is 28.3 Å². The van der Waals surface area contributed by atoms with E-state index in [1.165, 1.54) is 43.4 Å². The molecule has 6 heteroatoms. The van der Waals surface area contributed by atoms with Crippen LogP contribution in [-0.2, 0) is 9.59 Å². The number of aromatic nitrogens is 1. The molecule has 0 saturated carbocycles. The van der Waals surface area contributed by atoms with Crippen LogP contribution in [0.15, 0.2) is 11.6 Å². The summed E-state index contributed by atoms with van der Waals surface area (Å²) in [6.45, 7) is 5.14. The molecule has 1 aromatic rings.